The largest absolute Gasteiger partial charge is 0.459 e. The molecule has 2 fully saturated rings. The van der Waals surface area contributed by atoms with Crippen LogP contribution in [0.25, 0.3) is 0 Å². The van der Waals surface area contributed by atoms with Gasteiger partial charge in [-0.05, 0) is 55.8 Å². The zero-order valence-electron chi connectivity index (χ0n) is 19.7. The molecule has 0 aliphatic heterocycles. The average Bonchev–Trinajstić information content (AvgIpc) is 2.91. The average molecular weight is 397 g/mol. The molecule has 0 aromatic heterocycles. The van der Waals surface area contributed by atoms with Gasteiger partial charge < -0.3 is 14.0 Å². The summed E-state index contributed by atoms with van der Waals surface area (Å²) in [6, 6.07) is 0. The summed E-state index contributed by atoms with van der Waals surface area (Å²) < 4.78 is 12.6. The number of quaternary nitrogens is 1. The highest BCUT2D eigenvalue weighted by atomic mass is 16.5. The highest BCUT2D eigenvalue weighted by molar-refractivity contribution is 5.70. The molecule has 0 amide bonds. The van der Waals surface area contributed by atoms with Gasteiger partial charge in [-0.2, -0.15) is 0 Å². The van der Waals surface area contributed by atoms with Crippen LogP contribution in [0.1, 0.15) is 86.0 Å². The monoisotopic (exact) mass is 396 g/mol. The zero-order valence-corrected chi connectivity index (χ0v) is 19.7. The molecule has 4 nitrogen and oxygen atoms in total. The van der Waals surface area contributed by atoms with Crippen LogP contribution < -0.4 is 0 Å². The van der Waals surface area contributed by atoms with Gasteiger partial charge in [0.25, 0.3) is 0 Å². The SMILES string of the molecule is CCCCCCC(C)OC(=O)C[N+](C)(C)CCOC1CC2CCC1(C)C2(C)C. The van der Waals surface area contributed by atoms with Crippen LogP contribution in [-0.2, 0) is 14.3 Å². The summed E-state index contributed by atoms with van der Waals surface area (Å²) in [4.78, 5) is 12.3. The van der Waals surface area contributed by atoms with E-state index < -0.39 is 0 Å². The summed E-state index contributed by atoms with van der Waals surface area (Å²) in [5.41, 5.74) is 0.695. The molecule has 4 atom stereocenters. The number of hydrogen-bond donors (Lipinski definition) is 0. The summed E-state index contributed by atoms with van der Waals surface area (Å²) in [7, 11) is 4.20. The van der Waals surface area contributed by atoms with E-state index in [0.717, 1.165) is 31.9 Å². The van der Waals surface area contributed by atoms with Crippen molar-refractivity contribution >= 4 is 5.97 Å². The third kappa shape index (κ3) is 5.50. The molecule has 4 unspecified atom stereocenters. The van der Waals surface area contributed by atoms with Gasteiger partial charge in [0.05, 0.1) is 32.9 Å². The summed E-state index contributed by atoms with van der Waals surface area (Å²) >= 11 is 0. The molecule has 28 heavy (non-hydrogen) atoms. The van der Waals surface area contributed by atoms with E-state index in [-0.39, 0.29) is 12.1 Å². The number of nitrogens with zero attached hydrogens (tertiary/aromatic N) is 1. The molecule has 0 saturated heterocycles. The van der Waals surface area contributed by atoms with E-state index in [1.165, 1.54) is 38.5 Å². The smallest absolute Gasteiger partial charge is 0.362 e. The lowest BCUT2D eigenvalue weighted by Crippen LogP contribution is -2.48. The van der Waals surface area contributed by atoms with Gasteiger partial charge in [0.2, 0.25) is 0 Å². The van der Waals surface area contributed by atoms with E-state index in [4.69, 9.17) is 9.47 Å². The quantitative estimate of drug-likeness (QED) is 0.258. The van der Waals surface area contributed by atoms with Crippen molar-refractivity contribution in [1.29, 1.82) is 0 Å². The second-order valence-electron chi connectivity index (χ2n) is 10.9. The van der Waals surface area contributed by atoms with Crippen LogP contribution in [-0.4, -0.2) is 56.5 Å². The number of carbonyl (C=O) groups is 1. The van der Waals surface area contributed by atoms with E-state index in [1.54, 1.807) is 0 Å². The van der Waals surface area contributed by atoms with Gasteiger partial charge in [-0.25, -0.2) is 4.79 Å². The van der Waals surface area contributed by atoms with Gasteiger partial charge in [0.15, 0.2) is 6.54 Å². The van der Waals surface area contributed by atoms with Crippen molar-refractivity contribution in [2.75, 3.05) is 33.8 Å². The number of ether oxygens (including phenoxy) is 2. The molecule has 0 heterocycles. The van der Waals surface area contributed by atoms with E-state index >= 15 is 0 Å². The van der Waals surface area contributed by atoms with Gasteiger partial charge >= 0.3 is 5.97 Å². The lowest BCUT2D eigenvalue weighted by molar-refractivity contribution is -0.883. The third-order valence-corrected chi connectivity index (χ3v) is 8.08. The highest BCUT2D eigenvalue weighted by Gasteiger charge is 2.61. The van der Waals surface area contributed by atoms with E-state index in [0.29, 0.717) is 28.0 Å². The maximum atomic E-state index is 12.3. The molecule has 2 rings (SSSR count). The first-order chi connectivity index (χ1) is 13.0. The number of unbranched alkanes of at least 4 members (excludes halogenated alkanes) is 3. The second-order valence-corrected chi connectivity index (χ2v) is 10.9. The van der Waals surface area contributed by atoms with Crippen molar-refractivity contribution in [3.8, 4) is 0 Å². The first-order valence-corrected chi connectivity index (χ1v) is 11.6. The Bertz CT molecular complexity index is 516. The number of rotatable bonds is 12. The Morgan fingerprint density at radius 1 is 1.18 bits per heavy atom. The topological polar surface area (TPSA) is 35.5 Å². The van der Waals surface area contributed by atoms with Crippen molar-refractivity contribution in [3.63, 3.8) is 0 Å². The summed E-state index contributed by atoms with van der Waals surface area (Å²) in [5, 5.41) is 0. The van der Waals surface area contributed by atoms with Crippen LogP contribution in [0.15, 0.2) is 0 Å². The Kier molecular flexibility index (Phi) is 8.00. The maximum Gasteiger partial charge on any atom is 0.362 e. The second kappa shape index (κ2) is 9.47. The summed E-state index contributed by atoms with van der Waals surface area (Å²) in [5.74, 6) is 0.722. The Balaban J connectivity index is 1.69. The van der Waals surface area contributed by atoms with E-state index in [9.17, 15) is 4.79 Å². The molecule has 0 aromatic carbocycles. The molecule has 2 aliphatic rings. The fraction of sp³-hybridized carbons (Fsp3) is 0.958. The molecule has 0 spiro atoms. The van der Waals surface area contributed by atoms with Crippen LogP contribution in [0.4, 0.5) is 0 Å². The van der Waals surface area contributed by atoms with Gasteiger partial charge in [0, 0.05) is 0 Å². The number of carbonyl (C=O) groups excluding carboxylic acids is 1. The van der Waals surface area contributed by atoms with E-state index in [2.05, 4.69) is 41.8 Å². The van der Waals surface area contributed by atoms with Crippen molar-refractivity contribution < 1.29 is 18.8 Å². The first kappa shape index (κ1) is 23.7. The summed E-state index contributed by atoms with van der Waals surface area (Å²) in [6.07, 6.45) is 10.1. The molecule has 0 N–H and O–H groups in total. The van der Waals surface area contributed by atoms with Gasteiger partial charge in [-0.3, -0.25) is 0 Å². The van der Waals surface area contributed by atoms with E-state index in [1.807, 2.05) is 6.92 Å². The molecule has 0 radical (unpaired) electrons. The van der Waals surface area contributed by atoms with Crippen LogP contribution in [0.3, 0.4) is 0 Å². The predicted octanol–water partition coefficient (Wildman–Crippen LogP) is 5.20. The fourth-order valence-electron chi connectivity index (χ4n) is 5.43. The maximum absolute atomic E-state index is 12.3. The lowest BCUT2D eigenvalue weighted by atomic mass is 9.70. The zero-order chi connectivity index (χ0) is 21.0. The number of esters is 1. The van der Waals surface area contributed by atoms with Crippen LogP contribution in [0, 0.1) is 16.7 Å². The Labute approximate surface area is 173 Å². The van der Waals surface area contributed by atoms with Gasteiger partial charge in [-0.1, -0.05) is 47.0 Å². The van der Waals surface area contributed by atoms with Crippen molar-refractivity contribution in [2.24, 2.45) is 16.7 Å². The molecule has 2 bridgehead atoms. The van der Waals surface area contributed by atoms with Crippen molar-refractivity contribution in [1.82, 2.24) is 0 Å². The minimum absolute atomic E-state index is 0.0248. The molecule has 2 saturated carbocycles. The number of likely N-dealkylation sites (N-methyl/N-ethyl adjacent to an activating group) is 1. The van der Waals surface area contributed by atoms with Crippen LogP contribution in [0.5, 0.6) is 0 Å². The number of hydrogen-bond acceptors (Lipinski definition) is 3. The van der Waals surface area contributed by atoms with Crippen LogP contribution in [0.2, 0.25) is 0 Å². The minimum Gasteiger partial charge on any atom is -0.459 e. The molecule has 4 heteroatoms. The highest BCUT2D eigenvalue weighted by Crippen LogP contribution is 2.66. The van der Waals surface area contributed by atoms with Gasteiger partial charge in [0.1, 0.15) is 6.54 Å². The molecular formula is C24H46NO3+. The number of fused-ring (bicyclic) bond motifs is 2. The molecular weight excluding hydrogens is 350 g/mol. The molecule has 164 valence electrons. The van der Waals surface area contributed by atoms with Crippen molar-refractivity contribution in [2.45, 2.75) is 98.2 Å². The molecule has 0 aromatic rings. The lowest BCUT2D eigenvalue weighted by Gasteiger charge is -2.39. The normalized spacial score (nSPS) is 29.8. The summed E-state index contributed by atoms with van der Waals surface area (Å²) in [6.45, 7) is 13.5. The molecule has 2 aliphatic carbocycles. The predicted molar refractivity (Wildman–Crippen MR) is 115 cm³/mol. The van der Waals surface area contributed by atoms with Crippen LogP contribution >= 0.6 is 0 Å². The standard InChI is InChI=1S/C24H46NO3/c1-8-9-10-11-12-19(2)28-22(26)18-25(6,7)15-16-27-21-17-20-13-14-24(21,5)23(20,3)4/h19-21H,8-18H2,1-7H3/q+1. The Hall–Kier alpha value is -0.610. The fourth-order valence-corrected chi connectivity index (χ4v) is 5.43. The Morgan fingerprint density at radius 2 is 1.89 bits per heavy atom. The third-order valence-electron chi connectivity index (χ3n) is 8.08. The first-order valence-electron chi connectivity index (χ1n) is 11.6. The van der Waals surface area contributed by atoms with Crippen molar-refractivity contribution in [3.05, 3.63) is 0 Å². The minimum atomic E-state index is -0.0824. The Morgan fingerprint density at radius 3 is 2.46 bits per heavy atom. The van der Waals surface area contributed by atoms with Gasteiger partial charge in [-0.15, -0.1) is 0 Å².